The summed E-state index contributed by atoms with van der Waals surface area (Å²) in [4.78, 5) is 12.5. The van der Waals surface area contributed by atoms with Crippen molar-refractivity contribution >= 4 is 11.7 Å². The first kappa shape index (κ1) is 17.3. The first-order valence-electron chi connectivity index (χ1n) is 8.68. The second-order valence-corrected chi connectivity index (χ2v) is 7.37. The van der Waals surface area contributed by atoms with Crippen molar-refractivity contribution in [2.45, 2.75) is 51.6 Å². The minimum absolute atomic E-state index is 0.0189. The maximum Gasteiger partial charge on any atom is 0.319 e. The van der Waals surface area contributed by atoms with E-state index in [0.717, 1.165) is 24.8 Å². The smallest absolute Gasteiger partial charge is 0.319 e. The van der Waals surface area contributed by atoms with Crippen LogP contribution in [0.2, 0.25) is 0 Å². The van der Waals surface area contributed by atoms with Gasteiger partial charge in [0.15, 0.2) is 0 Å². The van der Waals surface area contributed by atoms with Gasteiger partial charge in [0.2, 0.25) is 0 Å². The normalized spacial score (nSPS) is 16.9. The highest BCUT2D eigenvalue weighted by Gasteiger charge is 2.29. The van der Waals surface area contributed by atoms with Crippen molar-refractivity contribution in [3.8, 4) is 5.75 Å². The molecule has 1 aromatic heterocycles. The van der Waals surface area contributed by atoms with E-state index in [2.05, 4.69) is 41.2 Å². The highest BCUT2D eigenvalue weighted by atomic mass is 16.5. The van der Waals surface area contributed by atoms with E-state index in [9.17, 15) is 4.79 Å². The van der Waals surface area contributed by atoms with E-state index in [-0.39, 0.29) is 17.6 Å². The third kappa shape index (κ3) is 3.62. The number of hydrogen-bond acceptors (Lipinski definition) is 3. The van der Waals surface area contributed by atoms with Crippen molar-refractivity contribution in [2.24, 2.45) is 0 Å². The zero-order valence-electron chi connectivity index (χ0n) is 15.3. The first-order valence-corrected chi connectivity index (χ1v) is 8.68. The number of aromatic nitrogens is 2. The fraction of sp³-hybridized carbons (Fsp3) is 0.474. The Morgan fingerprint density at radius 1 is 1.32 bits per heavy atom. The Balaban J connectivity index is 1.75. The second-order valence-electron chi connectivity index (χ2n) is 7.37. The Morgan fingerprint density at radius 3 is 2.80 bits per heavy atom. The number of benzene rings is 1. The van der Waals surface area contributed by atoms with Gasteiger partial charge in [-0.05, 0) is 52.2 Å². The third-order valence-corrected chi connectivity index (χ3v) is 4.48. The molecule has 0 bridgehead atoms. The number of rotatable bonds is 3. The Bertz CT molecular complexity index is 761. The highest BCUT2D eigenvalue weighted by Crippen LogP contribution is 2.32. The van der Waals surface area contributed by atoms with Gasteiger partial charge in [-0.1, -0.05) is 12.1 Å². The summed E-state index contributed by atoms with van der Waals surface area (Å²) in [6.45, 7) is 6.43. The molecule has 25 heavy (non-hydrogen) atoms. The van der Waals surface area contributed by atoms with E-state index in [0.29, 0.717) is 11.4 Å². The van der Waals surface area contributed by atoms with Gasteiger partial charge in [-0.25, -0.2) is 4.79 Å². The number of para-hydroxylation sites is 2. The van der Waals surface area contributed by atoms with Crippen LogP contribution in [0.3, 0.4) is 0 Å². The maximum atomic E-state index is 12.5. The summed E-state index contributed by atoms with van der Waals surface area (Å²) < 4.78 is 7.36. The van der Waals surface area contributed by atoms with Gasteiger partial charge in [0.05, 0.1) is 30.6 Å². The maximum absolute atomic E-state index is 12.5. The van der Waals surface area contributed by atoms with Crippen LogP contribution in [0, 0.1) is 0 Å². The minimum Gasteiger partial charge on any atom is -0.495 e. The van der Waals surface area contributed by atoms with Crippen molar-refractivity contribution in [3.05, 3.63) is 41.7 Å². The van der Waals surface area contributed by atoms with Crippen LogP contribution >= 0.6 is 0 Å². The topological polar surface area (TPSA) is 68.2 Å². The number of methoxy groups -OCH3 is 1. The Hall–Kier alpha value is -2.50. The molecule has 0 saturated heterocycles. The zero-order valence-corrected chi connectivity index (χ0v) is 15.3. The predicted molar refractivity (Wildman–Crippen MR) is 98.1 cm³/mol. The molecular formula is C19H26N4O2. The van der Waals surface area contributed by atoms with E-state index in [1.807, 2.05) is 30.5 Å². The number of nitrogens with zero attached hydrogens (tertiary/aromatic N) is 2. The number of carbonyl (C=O) groups is 1. The Morgan fingerprint density at radius 2 is 2.08 bits per heavy atom. The molecule has 1 aromatic carbocycles. The van der Waals surface area contributed by atoms with Crippen molar-refractivity contribution in [2.75, 3.05) is 12.4 Å². The van der Waals surface area contributed by atoms with Crippen molar-refractivity contribution < 1.29 is 9.53 Å². The van der Waals surface area contributed by atoms with Gasteiger partial charge in [-0.3, -0.25) is 4.68 Å². The lowest BCUT2D eigenvalue weighted by Crippen LogP contribution is -2.35. The van der Waals surface area contributed by atoms with E-state index in [4.69, 9.17) is 4.74 Å². The monoisotopic (exact) mass is 342 g/mol. The zero-order chi connectivity index (χ0) is 18.0. The average molecular weight is 342 g/mol. The molecule has 2 N–H and O–H groups in total. The van der Waals surface area contributed by atoms with Gasteiger partial charge < -0.3 is 15.4 Å². The van der Waals surface area contributed by atoms with E-state index < -0.39 is 0 Å². The molecule has 2 aromatic rings. The molecule has 1 atom stereocenters. The van der Waals surface area contributed by atoms with Crippen LogP contribution in [0.25, 0.3) is 0 Å². The summed E-state index contributed by atoms with van der Waals surface area (Å²) in [5.74, 6) is 0.641. The quantitative estimate of drug-likeness (QED) is 0.890. The third-order valence-electron chi connectivity index (χ3n) is 4.48. The predicted octanol–water partition coefficient (Wildman–Crippen LogP) is 3.85. The lowest BCUT2D eigenvalue weighted by Gasteiger charge is -2.28. The van der Waals surface area contributed by atoms with Crippen molar-refractivity contribution in [1.82, 2.24) is 15.1 Å². The molecule has 0 aliphatic heterocycles. The number of hydrogen-bond donors (Lipinski definition) is 2. The lowest BCUT2D eigenvalue weighted by atomic mass is 9.92. The highest BCUT2D eigenvalue weighted by molar-refractivity contribution is 5.91. The molecule has 3 rings (SSSR count). The van der Waals surface area contributed by atoms with Crippen LogP contribution < -0.4 is 15.4 Å². The largest absolute Gasteiger partial charge is 0.495 e. The molecule has 0 unspecified atom stereocenters. The fourth-order valence-electron chi connectivity index (χ4n) is 3.35. The molecule has 134 valence electrons. The number of anilines is 1. The number of ether oxygens (including phenoxy) is 1. The summed E-state index contributed by atoms with van der Waals surface area (Å²) >= 11 is 0. The first-order chi connectivity index (χ1) is 11.9. The molecule has 0 fully saturated rings. The second kappa shape index (κ2) is 6.78. The number of amides is 2. The molecule has 1 heterocycles. The minimum atomic E-state index is -0.231. The van der Waals surface area contributed by atoms with Crippen LogP contribution in [-0.2, 0) is 12.0 Å². The molecular weight excluding hydrogens is 316 g/mol. The SMILES string of the molecule is COc1ccccc1NC(=O)N[C@@H]1CCCc2c1cnn2C(C)(C)C. The standard InChI is InChI=1S/C19H26N4O2/c1-19(2,3)23-16-10-7-9-14(13(16)12-20-23)21-18(24)22-15-8-5-6-11-17(15)25-4/h5-6,8,11-12,14H,7,9-10H2,1-4H3,(H2,21,22,24)/t14-/m1/s1. The molecule has 2 amide bonds. The van der Waals surface area contributed by atoms with Crippen LogP contribution in [-0.4, -0.2) is 22.9 Å². The summed E-state index contributed by atoms with van der Waals surface area (Å²) in [6, 6.07) is 7.13. The van der Waals surface area contributed by atoms with Crippen LogP contribution in [0.5, 0.6) is 5.75 Å². The molecule has 0 radical (unpaired) electrons. The number of carbonyl (C=O) groups excluding carboxylic acids is 1. The number of nitrogens with one attached hydrogen (secondary N) is 2. The summed E-state index contributed by atoms with van der Waals surface area (Å²) in [7, 11) is 1.59. The van der Waals surface area contributed by atoms with E-state index >= 15 is 0 Å². The number of urea groups is 1. The lowest BCUT2D eigenvalue weighted by molar-refractivity contribution is 0.246. The van der Waals surface area contributed by atoms with Gasteiger partial charge in [-0.15, -0.1) is 0 Å². The molecule has 6 heteroatoms. The molecule has 0 spiro atoms. The van der Waals surface area contributed by atoms with Crippen LogP contribution in [0.15, 0.2) is 30.5 Å². The summed E-state index contributed by atoms with van der Waals surface area (Å²) in [5.41, 5.74) is 2.94. The summed E-state index contributed by atoms with van der Waals surface area (Å²) in [6.07, 6.45) is 4.85. The van der Waals surface area contributed by atoms with Crippen LogP contribution in [0.1, 0.15) is 50.9 Å². The van der Waals surface area contributed by atoms with Gasteiger partial charge in [0.1, 0.15) is 5.75 Å². The Labute approximate surface area is 148 Å². The molecule has 0 saturated carbocycles. The van der Waals surface area contributed by atoms with Gasteiger partial charge >= 0.3 is 6.03 Å². The molecule has 1 aliphatic carbocycles. The van der Waals surface area contributed by atoms with Gasteiger partial charge in [0, 0.05) is 11.3 Å². The van der Waals surface area contributed by atoms with Gasteiger partial charge in [0.25, 0.3) is 0 Å². The fourth-order valence-corrected chi connectivity index (χ4v) is 3.35. The van der Waals surface area contributed by atoms with E-state index in [1.54, 1.807) is 7.11 Å². The van der Waals surface area contributed by atoms with E-state index in [1.165, 1.54) is 5.69 Å². The Kier molecular flexibility index (Phi) is 4.70. The molecule has 6 nitrogen and oxygen atoms in total. The van der Waals surface area contributed by atoms with Crippen molar-refractivity contribution in [1.29, 1.82) is 0 Å². The van der Waals surface area contributed by atoms with Crippen molar-refractivity contribution in [3.63, 3.8) is 0 Å². The summed E-state index contributed by atoms with van der Waals surface area (Å²) in [5, 5.41) is 10.5. The van der Waals surface area contributed by atoms with Gasteiger partial charge in [-0.2, -0.15) is 5.10 Å². The van der Waals surface area contributed by atoms with Crippen LogP contribution in [0.4, 0.5) is 10.5 Å². The molecule has 1 aliphatic rings. The average Bonchev–Trinajstić information content (AvgIpc) is 3.00. The number of fused-ring (bicyclic) bond motifs is 1.